The molecule has 0 unspecified atom stereocenters. The third kappa shape index (κ3) is 10.8. The lowest BCUT2D eigenvalue weighted by molar-refractivity contribution is 0.590. The molecule has 4 nitrogen and oxygen atoms in total. The Kier molecular flexibility index (Phi) is 15.6. The average Bonchev–Trinajstić information content (AvgIpc) is 1.20. The minimum atomic E-state index is -0.417. The number of aromatic nitrogens is 2. The van der Waals surface area contributed by atoms with Crippen molar-refractivity contribution >= 4 is 101 Å². The third-order valence-corrected chi connectivity index (χ3v) is 23.2. The second-order valence-electron chi connectivity index (χ2n) is 30.6. The van der Waals surface area contributed by atoms with Gasteiger partial charge in [0.1, 0.15) is 0 Å². The van der Waals surface area contributed by atoms with Gasteiger partial charge in [0.25, 0.3) is 6.71 Å². The number of hydrogen-bond acceptors (Lipinski definition) is 2. The molecule has 0 saturated heterocycles. The number of para-hydroxylation sites is 4. The first-order valence-electron chi connectivity index (χ1n) is 38.7. The van der Waals surface area contributed by atoms with Crippen molar-refractivity contribution in [3.8, 4) is 100 Å². The second-order valence-corrected chi connectivity index (χ2v) is 30.6. The highest BCUT2D eigenvalue weighted by Gasteiger charge is 2.49. The molecule has 0 aliphatic carbocycles. The molecule has 5 heteroatoms. The van der Waals surface area contributed by atoms with Crippen LogP contribution in [0.25, 0.3) is 144 Å². The Labute approximate surface area is 648 Å². The molecule has 0 radical (unpaired) electrons. The molecule has 0 fully saturated rings. The molecule has 2 aliphatic heterocycles. The molecule has 0 bridgehead atoms. The number of hydrogen-bond donors (Lipinski definition) is 0. The van der Waals surface area contributed by atoms with Gasteiger partial charge in [0, 0.05) is 77.9 Å². The first-order valence-corrected chi connectivity index (χ1v) is 38.7. The maximum Gasteiger partial charge on any atom is 0.253 e. The Balaban J connectivity index is 1.01. The van der Waals surface area contributed by atoms with Gasteiger partial charge in [-0.1, -0.05) is 336 Å². The van der Waals surface area contributed by atoms with Crippen LogP contribution in [-0.4, -0.2) is 15.8 Å². The Hall–Kier alpha value is -14.0. The molecular formula is C106H75BN4. The maximum absolute atomic E-state index is 2.76. The number of rotatable bonds is 12. The van der Waals surface area contributed by atoms with Crippen molar-refractivity contribution in [3.63, 3.8) is 0 Å². The van der Waals surface area contributed by atoms with Gasteiger partial charge in [-0.2, -0.15) is 0 Å². The molecule has 0 atom stereocenters. The van der Waals surface area contributed by atoms with Gasteiger partial charge in [0.05, 0.1) is 33.4 Å². The van der Waals surface area contributed by atoms with Crippen LogP contribution in [0.15, 0.2) is 400 Å². The van der Waals surface area contributed by atoms with E-state index in [-0.39, 0.29) is 0 Å². The van der Waals surface area contributed by atoms with Gasteiger partial charge in [-0.15, -0.1) is 0 Å². The summed E-state index contributed by atoms with van der Waals surface area (Å²) in [6, 6.07) is 151. The number of nitrogens with zero attached hydrogens (tertiary/aromatic N) is 4. The Morgan fingerprint density at radius 2 is 0.441 bits per heavy atom. The molecule has 0 spiro atoms. The van der Waals surface area contributed by atoms with Crippen molar-refractivity contribution < 1.29 is 0 Å². The number of fused-ring (bicyclic) bond motifs is 10. The van der Waals surface area contributed by atoms with Crippen molar-refractivity contribution in [2.24, 2.45) is 0 Å². The van der Waals surface area contributed by atoms with E-state index in [1.807, 2.05) is 0 Å². The molecule has 0 amide bonds. The van der Waals surface area contributed by atoms with Crippen LogP contribution in [-0.2, 0) is 5.41 Å². The van der Waals surface area contributed by atoms with Crippen molar-refractivity contribution in [2.45, 2.75) is 26.2 Å². The Bertz CT molecular complexity index is 6190. The zero-order valence-corrected chi connectivity index (χ0v) is 62.0. The van der Waals surface area contributed by atoms with Crippen LogP contribution >= 0.6 is 0 Å². The molecule has 0 N–H and O–H groups in total. The van der Waals surface area contributed by atoms with E-state index < -0.39 is 12.1 Å². The quantitative estimate of drug-likeness (QED) is 0.113. The smallest absolute Gasteiger partial charge is 0.253 e. The van der Waals surface area contributed by atoms with E-state index in [1.165, 1.54) is 43.5 Å². The van der Waals surface area contributed by atoms with E-state index in [9.17, 15) is 0 Å². The van der Waals surface area contributed by atoms with Crippen LogP contribution in [0.4, 0.5) is 34.1 Å². The average molecular weight is 1420 g/mol. The van der Waals surface area contributed by atoms with Gasteiger partial charge < -0.3 is 18.9 Å². The number of anilines is 6. The molecule has 2 aromatic heterocycles. The normalized spacial score (nSPS) is 12.4. The summed E-state index contributed by atoms with van der Waals surface area (Å²) in [6.45, 7) is 6.80. The molecule has 0 saturated carbocycles. The van der Waals surface area contributed by atoms with Crippen LogP contribution in [0, 0.1) is 0 Å². The summed E-state index contributed by atoms with van der Waals surface area (Å²) in [4.78, 5) is 5.52. The standard InChI is InChI=1S/C106H75BN4/c1-106(2,3)80-64-97-103-98(65-80)111(105-91(76-48-24-10-25-49-76)62-79(71-38-14-5-15-39-71)63-92(105)77-50-26-11-27-51-77)100-69-82(109-95-58-34-30-54-85(95)86-55-31-35-59-96(86)109)67-88(73-42-18-7-19-43-73)102(100)107(103)101-87(72-40-16-6-17-41-72)66-81(108-93-56-32-28-52-83(93)84-53-29-33-57-94(84)108)68-99(101)110(97)104-89(74-44-20-8-21-45-74)60-78(70-36-12-4-13-37-70)61-90(104)75-46-22-9-23-47-75/h4-69H,1-3H3. The van der Waals surface area contributed by atoms with E-state index in [4.69, 9.17) is 0 Å². The molecule has 111 heavy (non-hydrogen) atoms. The Morgan fingerprint density at radius 3 is 0.712 bits per heavy atom. The molecule has 19 aromatic rings. The SMILES string of the molecule is CC(C)(C)c1cc2c3c(c1)N(c1c(-c4ccccc4)cc(-c4ccccc4)cc1-c1ccccc1)c1cc(-n4c5ccccc5c5ccccc54)cc(-c4ccccc4)c1B3c1c(-c3ccccc3)cc(-n3c4ccccc4c4ccccc43)cc1N2c1c(-c2ccccc2)cc(-c2ccccc2)cc1-c1ccccc1. The largest absolute Gasteiger partial charge is 0.310 e. The van der Waals surface area contributed by atoms with Crippen LogP contribution in [0.1, 0.15) is 26.3 Å². The summed E-state index contributed by atoms with van der Waals surface area (Å²) in [7, 11) is 0. The lowest BCUT2D eigenvalue weighted by Gasteiger charge is -2.48. The lowest BCUT2D eigenvalue weighted by Crippen LogP contribution is -2.62. The zero-order chi connectivity index (χ0) is 73.8. The fourth-order valence-corrected chi connectivity index (χ4v) is 18.2. The summed E-state index contributed by atoms with van der Waals surface area (Å²) in [6.07, 6.45) is 0. The van der Waals surface area contributed by atoms with E-state index >= 15 is 0 Å². The van der Waals surface area contributed by atoms with E-state index in [1.54, 1.807) is 0 Å². The van der Waals surface area contributed by atoms with Gasteiger partial charge in [-0.25, -0.2) is 0 Å². The Morgan fingerprint density at radius 1 is 0.207 bits per heavy atom. The van der Waals surface area contributed by atoms with Crippen LogP contribution in [0.2, 0.25) is 0 Å². The van der Waals surface area contributed by atoms with E-state index in [2.05, 4.69) is 440 Å². The topological polar surface area (TPSA) is 16.3 Å². The molecule has 4 heterocycles. The van der Waals surface area contributed by atoms with E-state index in [0.717, 1.165) is 157 Å². The van der Waals surface area contributed by atoms with Crippen LogP contribution in [0.3, 0.4) is 0 Å². The summed E-state index contributed by atoms with van der Waals surface area (Å²) in [5.41, 5.74) is 35.7. The zero-order valence-electron chi connectivity index (χ0n) is 62.0. The molecule has 2 aliphatic rings. The van der Waals surface area contributed by atoms with Crippen molar-refractivity contribution in [1.29, 1.82) is 0 Å². The van der Waals surface area contributed by atoms with Crippen LogP contribution in [0.5, 0.6) is 0 Å². The van der Waals surface area contributed by atoms with E-state index in [0.29, 0.717) is 0 Å². The van der Waals surface area contributed by atoms with Gasteiger partial charge in [0.15, 0.2) is 0 Å². The van der Waals surface area contributed by atoms with Gasteiger partial charge >= 0.3 is 0 Å². The predicted octanol–water partition coefficient (Wildman–Crippen LogP) is 26.6. The minimum absolute atomic E-state index is 0.400. The fourth-order valence-electron chi connectivity index (χ4n) is 18.2. The van der Waals surface area contributed by atoms with Crippen molar-refractivity contribution in [1.82, 2.24) is 9.13 Å². The molecule has 522 valence electrons. The monoisotopic (exact) mass is 1410 g/mol. The molecule has 17 aromatic carbocycles. The summed E-state index contributed by atoms with van der Waals surface area (Å²) >= 11 is 0. The summed E-state index contributed by atoms with van der Waals surface area (Å²) < 4.78 is 5.08. The van der Waals surface area contributed by atoms with Crippen molar-refractivity contribution in [2.75, 3.05) is 9.80 Å². The highest BCUT2D eigenvalue weighted by molar-refractivity contribution is 7.02. The van der Waals surface area contributed by atoms with Crippen molar-refractivity contribution in [3.05, 3.63) is 406 Å². The molecular weight excluding hydrogens is 1340 g/mol. The highest BCUT2D eigenvalue weighted by atomic mass is 15.2. The van der Waals surface area contributed by atoms with Gasteiger partial charge in [-0.3, -0.25) is 0 Å². The predicted molar refractivity (Wildman–Crippen MR) is 471 cm³/mol. The lowest BCUT2D eigenvalue weighted by atomic mass is 9.31. The highest BCUT2D eigenvalue weighted by Crippen LogP contribution is 2.57. The fraction of sp³-hybridized carbons (Fsp3) is 0.0377. The number of benzene rings is 17. The second kappa shape index (κ2) is 26.4. The van der Waals surface area contributed by atoms with Gasteiger partial charge in [-0.05, 0) is 179 Å². The summed E-state index contributed by atoms with van der Waals surface area (Å²) in [5, 5.41) is 4.82. The van der Waals surface area contributed by atoms with Gasteiger partial charge in [0.2, 0.25) is 0 Å². The maximum atomic E-state index is 2.76. The third-order valence-electron chi connectivity index (χ3n) is 23.2. The summed E-state index contributed by atoms with van der Waals surface area (Å²) in [5.74, 6) is 0. The molecule has 21 rings (SSSR count). The first-order chi connectivity index (χ1) is 54.8. The first kappa shape index (κ1) is 65.3. The van der Waals surface area contributed by atoms with Crippen LogP contribution < -0.4 is 26.2 Å². The minimum Gasteiger partial charge on any atom is -0.310 e.